The van der Waals surface area contributed by atoms with Crippen molar-refractivity contribution in [2.45, 2.75) is 27.7 Å². The van der Waals surface area contributed by atoms with Gasteiger partial charge >= 0.3 is 15.2 Å². The average molecular weight is 651 g/mol. The molecule has 2 aliphatic rings. The van der Waals surface area contributed by atoms with Crippen molar-refractivity contribution >= 4 is 60.6 Å². The molecule has 0 saturated carbocycles. The van der Waals surface area contributed by atoms with Crippen molar-refractivity contribution in [1.82, 2.24) is 0 Å². The highest BCUT2D eigenvalue weighted by Gasteiger charge is 2.41. The van der Waals surface area contributed by atoms with E-state index in [4.69, 9.17) is 41.3 Å². The second kappa shape index (κ2) is 11.4. The molecule has 0 N–H and O–H groups in total. The molecule has 2 aliphatic heterocycles. The van der Waals surface area contributed by atoms with Gasteiger partial charge in [0, 0.05) is 38.1 Å². The van der Waals surface area contributed by atoms with Gasteiger partial charge in [-0.2, -0.15) is 0 Å². The first kappa shape index (κ1) is 31.3. The van der Waals surface area contributed by atoms with Crippen molar-refractivity contribution in [2.75, 3.05) is 26.4 Å². The summed E-state index contributed by atoms with van der Waals surface area (Å²) in [5.74, 6) is -0.968. The lowest BCUT2D eigenvalue weighted by atomic mass is 9.97. The molecule has 3 aromatic rings. The fraction of sp³-hybridized carbons (Fsp3) is 0.333. The Morgan fingerprint density at radius 3 is 1.71 bits per heavy atom. The molecule has 0 unspecified atom stereocenters. The molecule has 12 heteroatoms. The minimum atomic E-state index is -4.01. The number of halogens is 2. The summed E-state index contributed by atoms with van der Waals surface area (Å²) in [4.78, 5) is 27.2. The highest BCUT2D eigenvalue weighted by Crippen LogP contribution is 2.54. The quantitative estimate of drug-likeness (QED) is 0.203. The fourth-order valence-electron chi connectivity index (χ4n) is 4.35. The number of rotatable bonds is 6. The zero-order valence-electron chi connectivity index (χ0n) is 23.5. The third kappa shape index (κ3) is 6.38. The molecular weight excluding hydrogens is 621 g/mol. The van der Waals surface area contributed by atoms with Crippen LogP contribution in [0.1, 0.15) is 59.5 Å². The van der Waals surface area contributed by atoms with Gasteiger partial charge in [-0.3, -0.25) is 18.7 Å². The molecule has 2 fully saturated rings. The molecule has 42 heavy (non-hydrogen) atoms. The van der Waals surface area contributed by atoms with E-state index < -0.39 is 32.2 Å². The Morgan fingerprint density at radius 1 is 0.643 bits per heavy atom. The van der Waals surface area contributed by atoms with Gasteiger partial charge in [-0.05, 0) is 42.5 Å². The van der Waals surface area contributed by atoms with Gasteiger partial charge in [0.1, 0.15) is 0 Å². The number of ketones is 2. The van der Waals surface area contributed by atoms with E-state index in [0.717, 1.165) is 0 Å². The van der Waals surface area contributed by atoms with Crippen LogP contribution in [0.4, 0.5) is 0 Å². The van der Waals surface area contributed by atoms with Crippen LogP contribution < -0.4 is 10.6 Å². The molecule has 0 spiro atoms. The van der Waals surface area contributed by atoms with Gasteiger partial charge in [-0.15, -0.1) is 0 Å². The summed E-state index contributed by atoms with van der Waals surface area (Å²) in [6.45, 7) is 8.48. The average Bonchev–Trinajstić information content (AvgIpc) is 2.97. The van der Waals surface area contributed by atoms with E-state index in [1.165, 1.54) is 54.6 Å². The van der Waals surface area contributed by atoms with Gasteiger partial charge < -0.3 is 18.1 Å². The van der Waals surface area contributed by atoms with Crippen LogP contribution in [0.15, 0.2) is 60.7 Å². The standard InChI is InChI=1S/C30H30Cl2O8P2/c1-29(2)15-37-41(35,38-16-29)22-9-5-19(6-10-22)27(33)23-11-7-20(28(34)24-14-21(31)8-12-25(24)32)13-26(23)42(36)39-17-30(3,4)18-40-42/h5-14H,15-18H2,1-4H3. The zero-order valence-corrected chi connectivity index (χ0v) is 26.8. The summed E-state index contributed by atoms with van der Waals surface area (Å²) in [6, 6.07) is 14.8. The predicted octanol–water partition coefficient (Wildman–Crippen LogP) is 7.24. The summed E-state index contributed by atoms with van der Waals surface area (Å²) < 4.78 is 50.0. The molecular formula is C30H30Cl2O8P2. The Labute approximate surface area is 254 Å². The molecule has 3 aromatic carbocycles. The van der Waals surface area contributed by atoms with Gasteiger partial charge in [0.2, 0.25) is 0 Å². The Hall–Kier alpha value is -2.12. The van der Waals surface area contributed by atoms with E-state index in [1.807, 2.05) is 27.7 Å². The highest BCUT2D eigenvalue weighted by molar-refractivity contribution is 7.62. The number of carbonyl (C=O) groups excluding carboxylic acids is 2. The second-order valence-electron chi connectivity index (χ2n) is 12.0. The summed E-state index contributed by atoms with van der Waals surface area (Å²) in [7, 11) is -7.54. The van der Waals surface area contributed by atoms with Crippen LogP contribution in [0.5, 0.6) is 0 Å². The van der Waals surface area contributed by atoms with Gasteiger partial charge in [-0.25, -0.2) is 0 Å². The number of benzene rings is 3. The van der Waals surface area contributed by atoms with Crippen LogP contribution in [0, 0.1) is 10.8 Å². The monoisotopic (exact) mass is 650 g/mol. The molecule has 0 amide bonds. The molecule has 8 nitrogen and oxygen atoms in total. The number of carbonyl (C=O) groups is 2. The Kier molecular flexibility index (Phi) is 8.52. The molecule has 2 heterocycles. The normalized spacial score (nSPS) is 20.5. The number of hydrogen-bond donors (Lipinski definition) is 0. The van der Waals surface area contributed by atoms with E-state index in [2.05, 4.69) is 0 Å². The summed E-state index contributed by atoms with van der Waals surface area (Å²) in [6.07, 6.45) is 0. The van der Waals surface area contributed by atoms with Crippen LogP contribution in [-0.4, -0.2) is 38.0 Å². The molecule has 5 rings (SSSR count). The lowest BCUT2D eigenvalue weighted by molar-refractivity contribution is 0.0461. The smallest absolute Gasteiger partial charge is 0.305 e. The first-order chi connectivity index (χ1) is 19.6. The third-order valence-electron chi connectivity index (χ3n) is 6.92. The van der Waals surface area contributed by atoms with Crippen LogP contribution in [0.3, 0.4) is 0 Å². The minimum absolute atomic E-state index is 0.0370. The van der Waals surface area contributed by atoms with Crippen molar-refractivity contribution in [2.24, 2.45) is 10.8 Å². The van der Waals surface area contributed by atoms with E-state index >= 15 is 0 Å². The van der Waals surface area contributed by atoms with Crippen LogP contribution in [-0.2, 0) is 27.2 Å². The summed E-state index contributed by atoms with van der Waals surface area (Å²) in [5.41, 5.74) is -0.114. The largest absolute Gasteiger partial charge is 0.362 e. The zero-order chi connectivity index (χ0) is 30.5. The topological polar surface area (TPSA) is 105 Å². The first-order valence-corrected chi connectivity index (χ1v) is 17.0. The van der Waals surface area contributed by atoms with Crippen molar-refractivity contribution in [3.05, 3.63) is 93.0 Å². The fourth-order valence-corrected chi connectivity index (χ4v) is 8.82. The lowest BCUT2D eigenvalue weighted by Gasteiger charge is -2.34. The van der Waals surface area contributed by atoms with Crippen LogP contribution >= 0.6 is 38.4 Å². The number of hydrogen-bond acceptors (Lipinski definition) is 8. The van der Waals surface area contributed by atoms with E-state index in [-0.39, 0.29) is 64.4 Å². The van der Waals surface area contributed by atoms with Gasteiger partial charge in [0.25, 0.3) is 0 Å². The maximum Gasteiger partial charge on any atom is 0.362 e. The van der Waals surface area contributed by atoms with Gasteiger partial charge in [-0.1, -0.05) is 69.1 Å². The Balaban J connectivity index is 1.52. The molecule has 0 radical (unpaired) electrons. The molecule has 0 aromatic heterocycles. The molecule has 2 saturated heterocycles. The van der Waals surface area contributed by atoms with Crippen LogP contribution in [0.25, 0.3) is 0 Å². The van der Waals surface area contributed by atoms with Crippen molar-refractivity contribution in [3.63, 3.8) is 0 Å². The molecule has 0 bridgehead atoms. The lowest BCUT2D eigenvalue weighted by Crippen LogP contribution is -2.33. The van der Waals surface area contributed by atoms with E-state index in [1.54, 1.807) is 6.07 Å². The van der Waals surface area contributed by atoms with E-state index in [0.29, 0.717) is 10.3 Å². The summed E-state index contributed by atoms with van der Waals surface area (Å²) >= 11 is 12.4. The summed E-state index contributed by atoms with van der Waals surface area (Å²) in [5, 5.41) is 0.800. The third-order valence-corrected chi connectivity index (χ3v) is 11.3. The van der Waals surface area contributed by atoms with Gasteiger partial charge in [0.05, 0.1) is 42.1 Å². The maximum absolute atomic E-state index is 14.0. The Morgan fingerprint density at radius 2 is 1.14 bits per heavy atom. The first-order valence-electron chi connectivity index (χ1n) is 13.2. The maximum atomic E-state index is 14.0. The van der Waals surface area contributed by atoms with Crippen molar-refractivity contribution < 1.29 is 36.8 Å². The Bertz CT molecular complexity index is 1640. The minimum Gasteiger partial charge on any atom is -0.305 e. The van der Waals surface area contributed by atoms with Crippen LogP contribution in [0.2, 0.25) is 10.0 Å². The van der Waals surface area contributed by atoms with Gasteiger partial charge in [0.15, 0.2) is 11.6 Å². The predicted molar refractivity (Wildman–Crippen MR) is 162 cm³/mol. The van der Waals surface area contributed by atoms with Crippen molar-refractivity contribution in [3.8, 4) is 0 Å². The van der Waals surface area contributed by atoms with E-state index in [9.17, 15) is 18.7 Å². The molecule has 222 valence electrons. The second-order valence-corrected chi connectivity index (χ2v) is 16.8. The van der Waals surface area contributed by atoms with Crippen molar-refractivity contribution in [1.29, 1.82) is 0 Å². The molecule has 0 atom stereocenters. The SMILES string of the molecule is CC1(C)COP(=O)(c2ccc(C(=O)c3ccc(C(=O)c4cc(Cl)ccc4Cl)cc3P3(=O)OCC(C)(C)CO3)cc2)OC1. The molecule has 0 aliphatic carbocycles. The highest BCUT2D eigenvalue weighted by atomic mass is 35.5.